The maximum Gasteiger partial charge on any atom is 0.200 e. The van der Waals surface area contributed by atoms with Crippen LogP contribution in [0.2, 0.25) is 0 Å². The summed E-state index contributed by atoms with van der Waals surface area (Å²) in [5.41, 5.74) is 3.73. The van der Waals surface area contributed by atoms with Crippen LogP contribution in [0.4, 0.5) is 0 Å². The molecule has 0 unspecified atom stereocenters. The Morgan fingerprint density at radius 2 is 2.06 bits per heavy atom. The van der Waals surface area contributed by atoms with E-state index in [4.69, 9.17) is 5.41 Å². The smallest absolute Gasteiger partial charge is 0.200 e. The third kappa shape index (κ3) is 2.90. The Morgan fingerprint density at radius 3 is 2.62 bits per heavy atom. The van der Waals surface area contributed by atoms with Crippen LogP contribution in [0.3, 0.4) is 0 Å². The second kappa shape index (κ2) is 5.77. The van der Waals surface area contributed by atoms with Crippen molar-refractivity contribution in [3.05, 3.63) is 52.8 Å². The minimum atomic E-state index is 0. The van der Waals surface area contributed by atoms with E-state index in [9.17, 15) is 0 Å². The van der Waals surface area contributed by atoms with Crippen molar-refractivity contribution < 1.29 is 0 Å². The van der Waals surface area contributed by atoms with Crippen molar-refractivity contribution in [2.24, 2.45) is 0 Å². The maximum atomic E-state index is 7.58. The van der Waals surface area contributed by atoms with E-state index in [-0.39, 0.29) is 17.0 Å². The number of halogens is 1. The van der Waals surface area contributed by atoms with Crippen LogP contribution in [0.15, 0.2) is 42.4 Å². The highest BCUT2D eigenvalue weighted by atomic mass is 79.9. The van der Waals surface area contributed by atoms with E-state index in [1.807, 2.05) is 30.3 Å². The normalized spacial score (nSPS) is 9.50. The number of aromatic nitrogens is 2. The van der Waals surface area contributed by atoms with Crippen LogP contribution in [-0.2, 0) is 6.54 Å². The second-order valence-corrected chi connectivity index (χ2v) is 4.00. The Balaban J connectivity index is 0.00000128. The summed E-state index contributed by atoms with van der Waals surface area (Å²) in [5, 5.41) is 11.7. The molecule has 1 heterocycles. The predicted octanol–water partition coefficient (Wildman–Crippen LogP) is 2.72. The Morgan fingerprint density at radius 1 is 1.38 bits per heavy atom. The molecule has 3 nitrogen and oxygen atoms in total. The number of hydrogen-bond acceptors (Lipinski definition) is 3. The predicted molar refractivity (Wildman–Crippen MR) is 71.8 cm³/mol. The van der Waals surface area contributed by atoms with Gasteiger partial charge < -0.3 is 0 Å². The average molecular weight is 298 g/mol. The molecule has 1 N–H and O–H groups in total. The van der Waals surface area contributed by atoms with Gasteiger partial charge >= 0.3 is 0 Å². The first-order chi connectivity index (χ1) is 7.27. The maximum absolute atomic E-state index is 7.58. The summed E-state index contributed by atoms with van der Waals surface area (Å²) in [7, 11) is 0. The number of allylic oxidation sites excluding steroid dienone is 1. The lowest BCUT2D eigenvalue weighted by Crippen LogP contribution is -2.15. The van der Waals surface area contributed by atoms with Gasteiger partial charge in [0.25, 0.3) is 0 Å². The molecule has 1 aromatic carbocycles. The van der Waals surface area contributed by atoms with Gasteiger partial charge in [-0.2, -0.15) is 5.10 Å². The molecule has 0 fully saturated rings. The van der Waals surface area contributed by atoms with Crippen molar-refractivity contribution in [3.63, 3.8) is 0 Å². The Labute approximate surface area is 108 Å². The summed E-state index contributed by atoms with van der Waals surface area (Å²) in [6.07, 6.45) is 0. The third-order valence-electron chi connectivity index (χ3n) is 2.11. The summed E-state index contributed by atoms with van der Waals surface area (Å²) >= 11 is 1.32. The highest BCUT2D eigenvalue weighted by molar-refractivity contribution is 8.93. The molecule has 0 amide bonds. The SMILES string of the molecule is Br.C=C(Cn1ncsc1=N)c1ccccc1. The zero-order valence-electron chi connectivity index (χ0n) is 8.59. The Kier molecular flexibility index (Phi) is 4.64. The van der Waals surface area contributed by atoms with Gasteiger partial charge in [0.2, 0.25) is 0 Å². The van der Waals surface area contributed by atoms with Crippen molar-refractivity contribution in [1.82, 2.24) is 9.78 Å². The van der Waals surface area contributed by atoms with E-state index >= 15 is 0 Å². The molecule has 5 heteroatoms. The van der Waals surface area contributed by atoms with Crippen molar-refractivity contribution in [1.29, 1.82) is 5.41 Å². The van der Waals surface area contributed by atoms with Crippen molar-refractivity contribution >= 4 is 33.9 Å². The fourth-order valence-corrected chi connectivity index (χ4v) is 1.80. The Hall–Kier alpha value is -1.20. The van der Waals surface area contributed by atoms with Gasteiger partial charge in [-0.3, -0.25) is 5.41 Å². The highest BCUT2D eigenvalue weighted by Crippen LogP contribution is 2.12. The lowest BCUT2D eigenvalue weighted by molar-refractivity contribution is 0.672. The lowest BCUT2D eigenvalue weighted by Gasteiger charge is -2.05. The van der Waals surface area contributed by atoms with Gasteiger partial charge in [-0.1, -0.05) is 48.2 Å². The van der Waals surface area contributed by atoms with Crippen LogP contribution in [0.5, 0.6) is 0 Å². The second-order valence-electron chi connectivity index (χ2n) is 3.17. The number of rotatable bonds is 3. The van der Waals surface area contributed by atoms with Gasteiger partial charge in [-0.15, -0.1) is 17.0 Å². The lowest BCUT2D eigenvalue weighted by atomic mass is 10.1. The molecule has 16 heavy (non-hydrogen) atoms. The minimum absolute atomic E-state index is 0. The summed E-state index contributed by atoms with van der Waals surface area (Å²) < 4.78 is 1.64. The van der Waals surface area contributed by atoms with Crippen LogP contribution in [0.25, 0.3) is 5.57 Å². The molecule has 0 bridgehead atoms. The van der Waals surface area contributed by atoms with Crippen molar-refractivity contribution in [2.45, 2.75) is 6.54 Å². The van der Waals surface area contributed by atoms with Crippen LogP contribution < -0.4 is 4.80 Å². The molecule has 0 aliphatic rings. The number of nitrogens with one attached hydrogen (secondary N) is 1. The van der Waals surface area contributed by atoms with E-state index < -0.39 is 0 Å². The van der Waals surface area contributed by atoms with Gasteiger partial charge in [0.15, 0.2) is 4.80 Å². The quantitative estimate of drug-likeness (QED) is 0.930. The van der Waals surface area contributed by atoms with Gasteiger partial charge in [0.05, 0.1) is 6.54 Å². The molecule has 2 aromatic rings. The van der Waals surface area contributed by atoms with Crippen LogP contribution in [0.1, 0.15) is 5.56 Å². The molecule has 2 rings (SSSR count). The van der Waals surface area contributed by atoms with Crippen molar-refractivity contribution in [2.75, 3.05) is 0 Å². The van der Waals surface area contributed by atoms with Crippen LogP contribution in [-0.4, -0.2) is 9.78 Å². The first-order valence-corrected chi connectivity index (χ1v) is 5.44. The Bertz CT molecular complexity index is 515. The minimum Gasteiger partial charge on any atom is -0.274 e. The molecule has 84 valence electrons. The molecule has 0 aliphatic heterocycles. The molecule has 0 atom stereocenters. The first kappa shape index (κ1) is 12.9. The summed E-state index contributed by atoms with van der Waals surface area (Å²) in [5.74, 6) is 0. The van der Waals surface area contributed by atoms with Gasteiger partial charge in [0.1, 0.15) is 5.51 Å². The topological polar surface area (TPSA) is 41.7 Å². The van der Waals surface area contributed by atoms with E-state index in [2.05, 4.69) is 11.7 Å². The highest BCUT2D eigenvalue weighted by Gasteiger charge is 2.01. The van der Waals surface area contributed by atoms with Gasteiger partial charge in [0, 0.05) is 0 Å². The number of hydrogen-bond donors (Lipinski definition) is 1. The van der Waals surface area contributed by atoms with E-state index in [0.717, 1.165) is 11.1 Å². The first-order valence-electron chi connectivity index (χ1n) is 4.56. The van der Waals surface area contributed by atoms with Crippen molar-refractivity contribution in [3.8, 4) is 0 Å². The largest absolute Gasteiger partial charge is 0.274 e. The number of benzene rings is 1. The molecular formula is C11H12BrN3S. The van der Waals surface area contributed by atoms with E-state index in [1.54, 1.807) is 10.2 Å². The summed E-state index contributed by atoms with van der Waals surface area (Å²) in [6.45, 7) is 4.58. The zero-order chi connectivity index (χ0) is 10.7. The zero-order valence-corrected chi connectivity index (χ0v) is 11.1. The van der Waals surface area contributed by atoms with Crippen LogP contribution in [0, 0.1) is 5.41 Å². The molecule has 0 saturated carbocycles. The molecular weight excluding hydrogens is 286 g/mol. The molecule has 0 aliphatic carbocycles. The van der Waals surface area contributed by atoms with Gasteiger partial charge in [-0.25, -0.2) is 4.68 Å². The summed E-state index contributed by atoms with van der Waals surface area (Å²) in [4.78, 5) is 0.451. The fourth-order valence-electron chi connectivity index (χ4n) is 1.30. The van der Waals surface area contributed by atoms with Gasteiger partial charge in [-0.05, 0) is 11.1 Å². The van der Waals surface area contributed by atoms with Crippen LogP contribution >= 0.6 is 28.3 Å². The molecule has 0 saturated heterocycles. The fraction of sp³-hybridized carbons (Fsp3) is 0.0909. The summed E-state index contributed by atoms with van der Waals surface area (Å²) in [6, 6.07) is 9.96. The average Bonchev–Trinajstić information content (AvgIpc) is 2.66. The third-order valence-corrected chi connectivity index (χ3v) is 2.74. The number of nitrogens with zero attached hydrogens (tertiary/aromatic N) is 2. The monoisotopic (exact) mass is 297 g/mol. The molecule has 1 aromatic heterocycles. The molecule has 0 radical (unpaired) electrons. The van der Waals surface area contributed by atoms with E-state index in [1.165, 1.54) is 11.3 Å². The van der Waals surface area contributed by atoms with E-state index in [0.29, 0.717) is 11.3 Å². The standard InChI is InChI=1S/C11H11N3S.BrH/c1-9(10-5-3-2-4-6-10)7-14-11(12)15-8-13-14;/h2-6,8,12H,1,7H2;1H. The molecule has 0 spiro atoms.